The summed E-state index contributed by atoms with van der Waals surface area (Å²) in [7, 11) is 0. The fourth-order valence-corrected chi connectivity index (χ4v) is 4.35. The summed E-state index contributed by atoms with van der Waals surface area (Å²) in [6.45, 7) is 8.99. The van der Waals surface area contributed by atoms with Crippen LogP contribution < -0.4 is 5.32 Å². The molecule has 0 bridgehead atoms. The van der Waals surface area contributed by atoms with E-state index < -0.39 is 0 Å². The highest BCUT2D eigenvalue weighted by Gasteiger charge is 2.20. The Morgan fingerprint density at radius 3 is 3.07 bits per heavy atom. The summed E-state index contributed by atoms with van der Waals surface area (Å²) >= 11 is 1.45. The van der Waals surface area contributed by atoms with Crippen LogP contribution in [0.1, 0.15) is 47.2 Å². The number of carbonyl (C=O) groups is 1. The number of piperidine rings is 1. The van der Waals surface area contributed by atoms with E-state index in [0.29, 0.717) is 33.2 Å². The smallest absolute Gasteiger partial charge is 0.258 e. The Kier molecular flexibility index (Phi) is 4.92. The molecule has 1 saturated heterocycles. The molecule has 27 heavy (non-hydrogen) atoms. The highest BCUT2D eigenvalue weighted by atomic mass is 32.1. The lowest BCUT2D eigenvalue weighted by molar-refractivity contribution is 0.102. The van der Waals surface area contributed by atoms with Crippen LogP contribution in [0.4, 0.5) is 5.13 Å². The van der Waals surface area contributed by atoms with Gasteiger partial charge in [0.25, 0.3) is 11.6 Å². The molecule has 8 heteroatoms. The van der Waals surface area contributed by atoms with Crippen LogP contribution >= 0.6 is 11.3 Å². The molecule has 4 heterocycles. The van der Waals surface area contributed by atoms with E-state index in [4.69, 9.17) is 4.52 Å². The Labute approximate surface area is 161 Å². The first-order valence-electron chi connectivity index (χ1n) is 9.21. The maximum Gasteiger partial charge on any atom is 0.258 e. The van der Waals surface area contributed by atoms with E-state index in [0.717, 1.165) is 31.2 Å². The number of pyridine rings is 1. The van der Waals surface area contributed by atoms with E-state index in [1.54, 1.807) is 13.0 Å². The normalized spacial score (nSPS) is 18.1. The van der Waals surface area contributed by atoms with E-state index in [9.17, 15) is 4.79 Å². The summed E-state index contributed by atoms with van der Waals surface area (Å²) in [6, 6.07) is 1.76. The van der Waals surface area contributed by atoms with Gasteiger partial charge in [-0.25, -0.2) is 9.97 Å². The number of nitrogens with zero attached hydrogens (tertiary/aromatic N) is 4. The van der Waals surface area contributed by atoms with Gasteiger partial charge in [0.15, 0.2) is 5.13 Å². The van der Waals surface area contributed by atoms with E-state index in [2.05, 4.69) is 32.3 Å². The zero-order chi connectivity index (χ0) is 19.0. The van der Waals surface area contributed by atoms with Crippen molar-refractivity contribution in [3.8, 4) is 0 Å². The Bertz CT molecular complexity index is 980. The largest absolute Gasteiger partial charge is 0.336 e. The van der Waals surface area contributed by atoms with Gasteiger partial charge in [0.05, 0.1) is 22.3 Å². The Balaban J connectivity index is 1.49. The number of hydrogen-bond acceptors (Lipinski definition) is 7. The quantitative estimate of drug-likeness (QED) is 0.736. The summed E-state index contributed by atoms with van der Waals surface area (Å²) in [5, 5.41) is 10.1. The molecule has 4 rings (SSSR count). The molecule has 1 fully saturated rings. The molecule has 0 aromatic carbocycles. The molecule has 0 spiro atoms. The minimum absolute atomic E-state index is 0.218. The van der Waals surface area contributed by atoms with Crippen molar-refractivity contribution in [3.63, 3.8) is 0 Å². The van der Waals surface area contributed by atoms with Crippen LogP contribution in [0.25, 0.3) is 11.1 Å². The Morgan fingerprint density at radius 1 is 1.41 bits per heavy atom. The van der Waals surface area contributed by atoms with Gasteiger partial charge in [-0.15, -0.1) is 11.3 Å². The number of fused-ring (bicyclic) bond motifs is 1. The molecule has 1 amide bonds. The second kappa shape index (κ2) is 7.36. The average molecular weight is 385 g/mol. The minimum Gasteiger partial charge on any atom is -0.336 e. The molecule has 1 atom stereocenters. The number of rotatable bonds is 4. The van der Waals surface area contributed by atoms with Crippen LogP contribution in [0.5, 0.6) is 0 Å². The number of nitrogens with one attached hydrogen (secondary N) is 1. The van der Waals surface area contributed by atoms with Crippen molar-refractivity contribution in [2.45, 2.75) is 40.2 Å². The predicted octanol–water partition coefficient (Wildman–Crippen LogP) is 3.78. The lowest BCUT2D eigenvalue weighted by Gasteiger charge is -2.30. The highest BCUT2D eigenvalue weighted by molar-refractivity contribution is 7.14. The van der Waals surface area contributed by atoms with Crippen LogP contribution in [0.2, 0.25) is 0 Å². The molecule has 3 aromatic rings. The molecular formula is C19H23N5O2S. The van der Waals surface area contributed by atoms with Crippen molar-refractivity contribution < 1.29 is 9.32 Å². The van der Waals surface area contributed by atoms with Crippen LogP contribution in [0, 0.1) is 19.8 Å². The molecular weight excluding hydrogens is 362 g/mol. The number of likely N-dealkylation sites (tertiary alicyclic amines) is 1. The van der Waals surface area contributed by atoms with Crippen molar-refractivity contribution in [2.24, 2.45) is 5.92 Å². The maximum absolute atomic E-state index is 12.8. The second-order valence-electron chi connectivity index (χ2n) is 7.34. The van der Waals surface area contributed by atoms with Gasteiger partial charge in [-0.2, -0.15) is 0 Å². The van der Waals surface area contributed by atoms with Crippen molar-refractivity contribution in [3.05, 3.63) is 34.1 Å². The number of carbonyl (C=O) groups excluding carboxylic acids is 1. The molecule has 1 aliphatic rings. The Hall–Kier alpha value is -2.32. The lowest BCUT2D eigenvalue weighted by Crippen LogP contribution is -2.33. The summed E-state index contributed by atoms with van der Waals surface area (Å²) < 4.78 is 5.21. The molecule has 0 aliphatic carbocycles. The second-order valence-corrected chi connectivity index (χ2v) is 8.20. The summed E-state index contributed by atoms with van der Waals surface area (Å²) in [4.78, 5) is 24.1. The van der Waals surface area contributed by atoms with E-state index in [1.165, 1.54) is 24.2 Å². The Morgan fingerprint density at radius 2 is 2.26 bits per heavy atom. The van der Waals surface area contributed by atoms with Gasteiger partial charge in [0.1, 0.15) is 0 Å². The highest BCUT2D eigenvalue weighted by Crippen LogP contribution is 2.25. The standard InChI is InChI=1S/C19H23N5O2S/c1-11-5-4-6-24(8-11)9-14-10-27-19(21-14)22-17(25)15-7-12(2)20-18-16(15)13(3)23-26-18/h7,10-11H,4-6,8-9H2,1-3H3,(H,21,22,25)/t11-/m0/s1. The van der Waals surface area contributed by atoms with Gasteiger partial charge < -0.3 is 4.52 Å². The first kappa shape index (κ1) is 18.1. The minimum atomic E-state index is -0.218. The third-order valence-corrected chi connectivity index (χ3v) is 5.70. The SMILES string of the molecule is Cc1cc(C(=O)Nc2nc(CN3CCC[C@H](C)C3)cs2)c2c(C)noc2n1. The van der Waals surface area contributed by atoms with Gasteiger partial charge >= 0.3 is 0 Å². The van der Waals surface area contributed by atoms with Crippen LogP contribution in [0.15, 0.2) is 16.0 Å². The van der Waals surface area contributed by atoms with Crippen molar-refractivity contribution in [2.75, 3.05) is 18.4 Å². The number of thiazole rings is 1. The molecule has 0 saturated carbocycles. The van der Waals surface area contributed by atoms with Gasteiger partial charge in [-0.05, 0) is 45.2 Å². The first-order valence-corrected chi connectivity index (χ1v) is 10.1. The molecule has 0 unspecified atom stereocenters. The maximum atomic E-state index is 12.8. The zero-order valence-electron chi connectivity index (χ0n) is 15.8. The molecule has 7 nitrogen and oxygen atoms in total. The van der Waals surface area contributed by atoms with Crippen molar-refractivity contribution >= 4 is 33.5 Å². The fraction of sp³-hybridized carbons (Fsp3) is 0.474. The summed E-state index contributed by atoms with van der Waals surface area (Å²) in [5.74, 6) is 0.519. The molecule has 1 aliphatic heterocycles. The van der Waals surface area contributed by atoms with Crippen LogP contribution in [0.3, 0.4) is 0 Å². The third kappa shape index (κ3) is 3.86. The van der Waals surface area contributed by atoms with Gasteiger partial charge in [0.2, 0.25) is 0 Å². The van der Waals surface area contributed by atoms with E-state index in [-0.39, 0.29) is 5.91 Å². The van der Waals surface area contributed by atoms with Crippen molar-refractivity contribution in [1.29, 1.82) is 0 Å². The number of amides is 1. The number of aromatic nitrogens is 3. The fourth-order valence-electron chi connectivity index (χ4n) is 3.66. The number of hydrogen-bond donors (Lipinski definition) is 1. The molecule has 142 valence electrons. The number of aryl methyl sites for hydroxylation is 2. The molecule has 0 radical (unpaired) electrons. The average Bonchev–Trinajstić information content (AvgIpc) is 3.21. The topological polar surface area (TPSA) is 84.2 Å². The third-order valence-electron chi connectivity index (χ3n) is 4.89. The summed E-state index contributed by atoms with van der Waals surface area (Å²) in [6.07, 6.45) is 2.54. The van der Waals surface area contributed by atoms with Gasteiger partial charge in [-0.1, -0.05) is 12.1 Å². The van der Waals surface area contributed by atoms with Gasteiger partial charge in [-0.3, -0.25) is 15.0 Å². The zero-order valence-corrected chi connectivity index (χ0v) is 16.6. The number of anilines is 1. The van der Waals surface area contributed by atoms with Gasteiger partial charge in [0, 0.05) is 24.2 Å². The molecule has 1 N–H and O–H groups in total. The van der Waals surface area contributed by atoms with E-state index >= 15 is 0 Å². The monoisotopic (exact) mass is 385 g/mol. The first-order chi connectivity index (χ1) is 13.0. The predicted molar refractivity (Wildman–Crippen MR) is 105 cm³/mol. The van der Waals surface area contributed by atoms with E-state index in [1.807, 2.05) is 12.3 Å². The molecule has 3 aromatic heterocycles. The lowest BCUT2D eigenvalue weighted by atomic mass is 10.0. The van der Waals surface area contributed by atoms with Crippen LogP contribution in [-0.4, -0.2) is 39.0 Å². The summed E-state index contributed by atoms with van der Waals surface area (Å²) in [5.41, 5.74) is 3.26. The van der Waals surface area contributed by atoms with Crippen molar-refractivity contribution in [1.82, 2.24) is 20.0 Å². The van der Waals surface area contributed by atoms with Crippen LogP contribution in [-0.2, 0) is 6.54 Å².